The molecule has 1 aromatic carbocycles. The number of aliphatic hydroxyl groups is 2. The van der Waals surface area contributed by atoms with Crippen LogP contribution in [-0.4, -0.2) is 180 Å². The van der Waals surface area contributed by atoms with Crippen LogP contribution in [0.3, 0.4) is 0 Å². The fourth-order valence-corrected chi connectivity index (χ4v) is 9.75. The van der Waals surface area contributed by atoms with Gasteiger partial charge < -0.3 is 84.9 Å². The first kappa shape index (κ1) is 73.0. The van der Waals surface area contributed by atoms with Gasteiger partial charge in [-0.15, -0.1) is 0 Å². The van der Waals surface area contributed by atoms with E-state index in [9.17, 15) is 67.7 Å². The van der Waals surface area contributed by atoms with E-state index >= 15 is 0 Å². The number of amides is 11. The number of aliphatic hydroxyl groups excluding tert-OH is 2. The van der Waals surface area contributed by atoms with Gasteiger partial charge in [-0.05, 0) is 88.3 Å². The number of carbonyl (C=O) groups excluding carboxylic acids is 12. The van der Waals surface area contributed by atoms with E-state index in [1.54, 1.807) is 62.4 Å². The van der Waals surface area contributed by atoms with Gasteiger partial charge in [0.25, 0.3) is 0 Å². The Hall–Kier alpha value is -7.30. The number of esters is 1. The first-order chi connectivity index (χ1) is 40.6. The monoisotopic (exact) mass is 1210 g/mol. The van der Waals surface area contributed by atoms with Crippen molar-refractivity contribution >= 4 is 70.9 Å². The van der Waals surface area contributed by atoms with Crippen molar-refractivity contribution in [2.75, 3.05) is 26.8 Å². The molecule has 28 heteroatoms. The standard InChI is InChI=1S/C58H95N13O15/c1-12-29(5)42(67-49(77)38(61-11)25-35-19-17-16-18-20-35)52(80)64-39(27-72)50(78)63-37(21-22-41(60)74)48(76)66-44(31(7)14-3)54(82)68-43(30(6)13-2)53(81)65-40(28-73)51(79)69-46-34(10)86-56(84)45(32(8)15-4)70-57(85)58(26-36(58)23-24-59)71-47(75)33(9)62-55(46)83/h16-20,29-34,36-40,42-46,61,72-73H,12-15,21-28,59H2,1-11H3,(H2,60,74)(H,62,83)(H,63,78)(H,64,80)(H,65,81)(H,66,76)(H,67,77)(H,68,82)(H,69,79)(H,70,85)(H,71,75)/t29-,30-,31-,32-,33-,34-,36?,37+,38+,39-,40-,42-,43-,44+,45-,46+,58?/m0/s1. The molecule has 482 valence electrons. The molecule has 1 aliphatic heterocycles. The van der Waals surface area contributed by atoms with Crippen molar-refractivity contribution in [1.29, 1.82) is 0 Å². The van der Waals surface area contributed by atoms with Crippen LogP contribution in [0.4, 0.5) is 0 Å². The highest BCUT2D eigenvalue weighted by molar-refractivity contribution is 6.01. The number of rotatable bonds is 32. The van der Waals surface area contributed by atoms with Crippen LogP contribution >= 0.6 is 0 Å². The van der Waals surface area contributed by atoms with Gasteiger partial charge in [-0.3, -0.25) is 52.7 Å². The van der Waals surface area contributed by atoms with Gasteiger partial charge >= 0.3 is 5.97 Å². The van der Waals surface area contributed by atoms with Crippen molar-refractivity contribution in [3.05, 3.63) is 35.9 Å². The summed E-state index contributed by atoms with van der Waals surface area (Å²) in [5.74, 6) is -13.2. The molecule has 17 N–H and O–H groups in total. The molecule has 2 fully saturated rings. The number of hydrogen-bond acceptors (Lipinski definition) is 17. The second kappa shape index (κ2) is 34.7. The molecular formula is C58H95N13O15. The Kier molecular flexibility index (Phi) is 29.5. The normalized spacial score (nSPS) is 23.6. The molecule has 0 bridgehead atoms. The van der Waals surface area contributed by atoms with Crippen LogP contribution in [0.2, 0.25) is 0 Å². The summed E-state index contributed by atoms with van der Waals surface area (Å²) in [6, 6.07) is -4.98. The number of hydrogen-bond donors (Lipinski definition) is 15. The molecule has 1 aliphatic carbocycles. The number of cyclic esters (lactones) is 1. The Labute approximate surface area is 503 Å². The Morgan fingerprint density at radius 3 is 1.60 bits per heavy atom. The molecule has 1 saturated carbocycles. The van der Waals surface area contributed by atoms with E-state index in [0.717, 1.165) is 5.56 Å². The SMILES string of the molecule is CC[C@H](C)[C@H](NC(=O)[C@@H](Cc1ccccc1)NC)C(=O)N[C@@H](CO)C(=O)N[C@H](CCC(N)=O)C(=O)N[C@@H](C(=O)N[C@H](C(=O)N[C@@H](CO)C(=O)N[C@H]1C(=O)N[C@@H](C)C(=O)NC2(CC2CCN)C(=O)N[C@@H]([C@@H](C)CC)C(=O)O[C@H]1C)[C@@H](C)CC)[C@@H](C)CC. The minimum atomic E-state index is -1.81. The molecule has 1 spiro atoms. The maximum atomic E-state index is 14.4. The number of nitrogens with one attached hydrogen (secondary N) is 11. The van der Waals surface area contributed by atoms with Gasteiger partial charge in [0.15, 0.2) is 0 Å². The van der Waals surface area contributed by atoms with Crippen LogP contribution in [0.25, 0.3) is 0 Å². The van der Waals surface area contributed by atoms with Crippen molar-refractivity contribution in [3.8, 4) is 0 Å². The lowest BCUT2D eigenvalue weighted by molar-refractivity contribution is -0.157. The number of ether oxygens (including phenoxy) is 1. The second-order valence-electron chi connectivity index (χ2n) is 22.8. The molecule has 1 saturated heterocycles. The second-order valence-corrected chi connectivity index (χ2v) is 22.8. The van der Waals surface area contributed by atoms with E-state index in [2.05, 4.69) is 58.5 Å². The number of primary amides is 1. The fourth-order valence-electron chi connectivity index (χ4n) is 9.75. The van der Waals surface area contributed by atoms with Gasteiger partial charge in [0.2, 0.25) is 65.0 Å². The summed E-state index contributed by atoms with van der Waals surface area (Å²) in [4.78, 5) is 165. The minimum absolute atomic E-state index is 0.213. The van der Waals surface area contributed by atoms with Gasteiger partial charge in [-0.25, -0.2) is 4.79 Å². The van der Waals surface area contributed by atoms with E-state index in [0.29, 0.717) is 25.7 Å². The van der Waals surface area contributed by atoms with Crippen molar-refractivity contribution in [3.63, 3.8) is 0 Å². The lowest BCUT2D eigenvalue weighted by Gasteiger charge is -2.31. The fraction of sp³-hybridized carbons (Fsp3) is 0.690. The Bertz CT molecular complexity index is 2530. The summed E-state index contributed by atoms with van der Waals surface area (Å²) in [5.41, 5.74) is 10.7. The molecule has 0 aromatic heterocycles. The van der Waals surface area contributed by atoms with E-state index < -0.39 is 193 Å². The van der Waals surface area contributed by atoms with Gasteiger partial charge in [-0.2, -0.15) is 0 Å². The van der Waals surface area contributed by atoms with Crippen molar-refractivity contribution < 1.29 is 72.5 Å². The predicted octanol–water partition coefficient (Wildman–Crippen LogP) is -3.20. The largest absolute Gasteiger partial charge is 0.458 e. The molecule has 2 unspecified atom stereocenters. The third kappa shape index (κ3) is 20.4. The smallest absolute Gasteiger partial charge is 0.329 e. The van der Waals surface area contributed by atoms with Crippen LogP contribution in [0.5, 0.6) is 0 Å². The molecule has 28 nitrogen and oxygen atoms in total. The molecular weight excluding hydrogens is 1120 g/mol. The highest BCUT2D eigenvalue weighted by Gasteiger charge is 2.61. The zero-order valence-electron chi connectivity index (χ0n) is 51.5. The van der Waals surface area contributed by atoms with Crippen LogP contribution < -0.4 is 70.0 Å². The topological polar surface area (TPSA) is 439 Å². The minimum Gasteiger partial charge on any atom is -0.458 e. The van der Waals surface area contributed by atoms with Crippen molar-refractivity contribution in [2.45, 2.75) is 199 Å². The Morgan fingerprint density at radius 2 is 1.13 bits per heavy atom. The van der Waals surface area contributed by atoms with Gasteiger partial charge in [0.05, 0.1) is 19.3 Å². The van der Waals surface area contributed by atoms with Crippen LogP contribution in [0, 0.1) is 29.6 Å². The van der Waals surface area contributed by atoms with Gasteiger partial charge in [0, 0.05) is 6.42 Å². The lowest BCUT2D eigenvalue weighted by Crippen LogP contribution is -2.63. The summed E-state index contributed by atoms with van der Waals surface area (Å²) in [5, 5.41) is 49.6. The summed E-state index contributed by atoms with van der Waals surface area (Å²) >= 11 is 0. The molecule has 1 aromatic rings. The first-order valence-electron chi connectivity index (χ1n) is 29.8. The molecule has 86 heavy (non-hydrogen) atoms. The van der Waals surface area contributed by atoms with E-state index in [-0.39, 0.29) is 31.7 Å². The number of carbonyl (C=O) groups is 12. The predicted molar refractivity (Wildman–Crippen MR) is 315 cm³/mol. The summed E-state index contributed by atoms with van der Waals surface area (Å²) < 4.78 is 5.73. The average molecular weight is 1210 g/mol. The summed E-state index contributed by atoms with van der Waals surface area (Å²) in [6.07, 6.45) is -0.0596. The maximum Gasteiger partial charge on any atom is 0.329 e. The van der Waals surface area contributed by atoms with Crippen molar-refractivity contribution in [1.82, 2.24) is 58.5 Å². The summed E-state index contributed by atoms with van der Waals surface area (Å²) in [7, 11) is 1.60. The van der Waals surface area contributed by atoms with Gasteiger partial charge in [0.1, 0.15) is 66.0 Å². The maximum absolute atomic E-state index is 14.4. The molecule has 1 heterocycles. The average Bonchev–Trinajstić information content (AvgIpc) is 1.64. The quantitative estimate of drug-likeness (QED) is 0.0316. The highest BCUT2D eigenvalue weighted by atomic mass is 16.5. The third-order valence-electron chi connectivity index (χ3n) is 16.5. The van der Waals surface area contributed by atoms with Crippen molar-refractivity contribution in [2.24, 2.45) is 41.1 Å². The lowest BCUT2D eigenvalue weighted by atomic mass is 9.94. The van der Waals surface area contributed by atoms with Crippen LogP contribution in [-0.2, 0) is 68.7 Å². The Balaban J connectivity index is 1.85. The van der Waals surface area contributed by atoms with Crippen LogP contribution in [0.15, 0.2) is 30.3 Å². The third-order valence-corrected chi connectivity index (χ3v) is 16.5. The zero-order chi connectivity index (χ0) is 64.7. The zero-order valence-corrected chi connectivity index (χ0v) is 51.5. The molecule has 3 rings (SSSR count). The van der Waals surface area contributed by atoms with E-state index in [1.807, 2.05) is 30.3 Å². The van der Waals surface area contributed by atoms with Crippen LogP contribution in [0.1, 0.15) is 126 Å². The molecule has 11 amide bonds. The molecule has 0 radical (unpaired) electrons. The summed E-state index contributed by atoms with van der Waals surface area (Å²) in [6.45, 7) is 14.4. The number of likely N-dealkylation sites (N-methyl/N-ethyl adjacent to an activating group) is 1. The Morgan fingerprint density at radius 1 is 0.651 bits per heavy atom. The number of benzene rings is 1. The van der Waals surface area contributed by atoms with Gasteiger partial charge in [-0.1, -0.05) is 111 Å². The van der Waals surface area contributed by atoms with E-state index in [1.165, 1.54) is 13.8 Å². The first-order valence-corrected chi connectivity index (χ1v) is 29.8. The number of nitrogens with two attached hydrogens (primary N) is 2. The molecule has 2 aliphatic rings. The molecule has 17 atom stereocenters. The van der Waals surface area contributed by atoms with E-state index in [4.69, 9.17) is 16.2 Å². The highest BCUT2D eigenvalue weighted by Crippen LogP contribution is 2.46.